The van der Waals surface area contributed by atoms with E-state index < -0.39 is 0 Å². The van der Waals surface area contributed by atoms with E-state index >= 15 is 0 Å². The summed E-state index contributed by atoms with van der Waals surface area (Å²) >= 11 is 1.85. The van der Waals surface area contributed by atoms with Crippen LogP contribution in [0.2, 0.25) is 0 Å². The van der Waals surface area contributed by atoms with Crippen molar-refractivity contribution in [3.05, 3.63) is 30.1 Å². The number of unbranched alkanes of at least 4 members (excludes halogenated alkanes) is 6. The van der Waals surface area contributed by atoms with Gasteiger partial charge < -0.3 is 10.3 Å². The van der Waals surface area contributed by atoms with Gasteiger partial charge in [0.25, 0.3) is 0 Å². The smallest absolute Gasteiger partial charge is 0.126 e. The van der Waals surface area contributed by atoms with Crippen molar-refractivity contribution in [1.29, 1.82) is 0 Å². The molecular formula is C20H33N3S. The molecule has 0 radical (unpaired) electrons. The lowest BCUT2D eigenvalue weighted by Gasteiger charge is -2.14. The van der Waals surface area contributed by atoms with Crippen LogP contribution in [0.3, 0.4) is 0 Å². The number of nitrogens with zero attached hydrogens (tertiary/aromatic N) is 2. The molecule has 1 atom stereocenters. The first-order valence-electron chi connectivity index (χ1n) is 9.47. The van der Waals surface area contributed by atoms with Gasteiger partial charge in [0.2, 0.25) is 0 Å². The summed E-state index contributed by atoms with van der Waals surface area (Å²) in [6.45, 7) is 3.31. The fraction of sp³-hybridized carbons (Fsp3) is 0.650. The van der Waals surface area contributed by atoms with Crippen molar-refractivity contribution < 1.29 is 0 Å². The number of aryl methyl sites for hydroxylation is 1. The van der Waals surface area contributed by atoms with E-state index in [0.29, 0.717) is 0 Å². The van der Waals surface area contributed by atoms with E-state index in [4.69, 9.17) is 10.7 Å². The fourth-order valence-electron chi connectivity index (χ4n) is 3.21. The number of nitrogens with two attached hydrogens (primary N) is 1. The molecule has 0 aliphatic carbocycles. The van der Waals surface area contributed by atoms with Crippen molar-refractivity contribution in [2.45, 2.75) is 70.9 Å². The predicted molar refractivity (Wildman–Crippen MR) is 108 cm³/mol. The standard InChI is InChI=1S/C20H33N3S/c1-3-4-5-6-7-8-11-15-23-19-13-10-9-12-18(19)22-20(23)17(21)14-16-24-2/h9-10,12-13,17H,3-8,11,14-16,21H2,1-2H3. The second kappa shape index (κ2) is 10.8. The van der Waals surface area contributed by atoms with Crippen LogP contribution in [0.5, 0.6) is 0 Å². The molecule has 2 rings (SSSR count). The zero-order valence-corrected chi connectivity index (χ0v) is 16.2. The summed E-state index contributed by atoms with van der Waals surface area (Å²) < 4.78 is 2.37. The Morgan fingerprint density at radius 2 is 1.79 bits per heavy atom. The highest BCUT2D eigenvalue weighted by atomic mass is 32.2. The van der Waals surface area contributed by atoms with Gasteiger partial charge in [-0.3, -0.25) is 0 Å². The summed E-state index contributed by atoms with van der Waals surface area (Å²) in [6, 6.07) is 8.47. The summed E-state index contributed by atoms with van der Waals surface area (Å²) in [6.07, 6.45) is 12.4. The first kappa shape index (κ1) is 19.3. The number of hydrogen-bond acceptors (Lipinski definition) is 3. The van der Waals surface area contributed by atoms with Gasteiger partial charge in [0.05, 0.1) is 17.1 Å². The summed E-state index contributed by atoms with van der Waals surface area (Å²) in [7, 11) is 0. The molecule has 3 nitrogen and oxygen atoms in total. The van der Waals surface area contributed by atoms with Gasteiger partial charge in [0.1, 0.15) is 5.82 Å². The zero-order chi connectivity index (χ0) is 17.2. The third kappa shape index (κ3) is 5.52. The van der Waals surface area contributed by atoms with Crippen LogP contribution >= 0.6 is 11.8 Å². The minimum atomic E-state index is 0.0365. The Balaban J connectivity index is 1.98. The molecule has 24 heavy (non-hydrogen) atoms. The van der Waals surface area contributed by atoms with Gasteiger partial charge >= 0.3 is 0 Å². The molecule has 0 saturated heterocycles. The van der Waals surface area contributed by atoms with E-state index in [-0.39, 0.29) is 6.04 Å². The van der Waals surface area contributed by atoms with Crippen LogP contribution in [0.25, 0.3) is 11.0 Å². The van der Waals surface area contributed by atoms with E-state index in [2.05, 4.69) is 42.0 Å². The lowest BCUT2D eigenvalue weighted by Crippen LogP contribution is -2.17. The van der Waals surface area contributed by atoms with E-state index in [1.54, 1.807) is 0 Å². The molecule has 0 spiro atoms. The molecule has 4 heteroatoms. The number of aromatic nitrogens is 2. The molecule has 0 bridgehead atoms. The predicted octanol–water partition coefficient (Wildman–Crippen LogP) is 5.54. The first-order chi connectivity index (χ1) is 11.8. The van der Waals surface area contributed by atoms with Crippen molar-refractivity contribution in [3.8, 4) is 0 Å². The molecule has 1 heterocycles. The molecule has 0 amide bonds. The minimum absolute atomic E-state index is 0.0365. The van der Waals surface area contributed by atoms with Crippen LogP contribution in [0, 0.1) is 0 Å². The molecule has 2 aromatic rings. The van der Waals surface area contributed by atoms with Gasteiger partial charge in [-0.2, -0.15) is 11.8 Å². The van der Waals surface area contributed by atoms with Gasteiger partial charge in [0.15, 0.2) is 0 Å². The average Bonchev–Trinajstić information content (AvgIpc) is 2.98. The maximum atomic E-state index is 6.43. The van der Waals surface area contributed by atoms with Crippen LogP contribution in [0.15, 0.2) is 24.3 Å². The fourth-order valence-corrected chi connectivity index (χ4v) is 3.70. The molecule has 1 aromatic heterocycles. The second-order valence-corrected chi connectivity index (χ2v) is 7.61. The Morgan fingerprint density at radius 1 is 1.08 bits per heavy atom. The highest BCUT2D eigenvalue weighted by Crippen LogP contribution is 2.23. The van der Waals surface area contributed by atoms with Crippen LogP contribution < -0.4 is 5.73 Å². The van der Waals surface area contributed by atoms with Crippen molar-refractivity contribution in [1.82, 2.24) is 9.55 Å². The Kier molecular flexibility index (Phi) is 8.68. The normalized spacial score (nSPS) is 12.8. The average molecular weight is 348 g/mol. The Morgan fingerprint density at radius 3 is 2.54 bits per heavy atom. The maximum absolute atomic E-state index is 6.43. The molecule has 134 valence electrons. The number of rotatable bonds is 12. The summed E-state index contributed by atoms with van der Waals surface area (Å²) in [5, 5.41) is 0. The first-order valence-corrected chi connectivity index (χ1v) is 10.9. The molecule has 2 N–H and O–H groups in total. The van der Waals surface area contributed by atoms with Gasteiger partial charge in [-0.25, -0.2) is 4.98 Å². The number of fused-ring (bicyclic) bond motifs is 1. The second-order valence-electron chi connectivity index (χ2n) is 6.62. The van der Waals surface area contributed by atoms with Crippen molar-refractivity contribution >= 4 is 22.8 Å². The van der Waals surface area contributed by atoms with Crippen LogP contribution in [0.1, 0.15) is 70.2 Å². The Labute approximate surface area is 151 Å². The third-order valence-electron chi connectivity index (χ3n) is 4.63. The molecule has 0 aliphatic heterocycles. The zero-order valence-electron chi connectivity index (χ0n) is 15.3. The number of thioether (sulfide) groups is 1. The molecular weight excluding hydrogens is 314 g/mol. The lowest BCUT2D eigenvalue weighted by atomic mass is 10.1. The number of imidazole rings is 1. The van der Waals surface area contributed by atoms with E-state index in [1.807, 2.05) is 11.8 Å². The molecule has 0 aliphatic rings. The van der Waals surface area contributed by atoms with Gasteiger partial charge in [-0.15, -0.1) is 0 Å². The Hall–Kier alpha value is -1.00. The van der Waals surface area contributed by atoms with Crippen LogP contribution in [0.4, 0.5) is 0 Å². The van der Waals surface area contributed by atoms with Crippen LogP contribution in [-0.2, 0) is 6.54 Å². The SMILES string of the molecule is CCCCCCCCCn1c(C(N)CCSC)nc2ccccc21. The van der Waals surface area contributed by atoms with E-state index in [1.165, 1.54) is 50.5 Å². The van der Waals surface area contributed by atoms with E-state index in [9.17, 15) is 0 Å². The molecule has 0 saturated carbocycles. The monoisotopic (exact) mass is 347 g/mol. The maximum Gasteiger partial charge on any atom is 0.126 e. The summed E-state index contributed by atoms with van der Waals surface area (Å²) in [4.78, 5) is 4.83. The van der Waals surface area contributed by atoms with Crippen molar-refractivity contribution in [2.75, 3.05) is 12.0 Å². The highest BCUT2D eigenvalue weighted by Gasteiger charge is 2.16. The number of para-hydroxylation sites is 2. The topological polar surface area (TPSA) is 43.8 Å². The summed E-state index contributed by atoms with van der Waals surface area (Å²) in [5.41, 5.74) is 8.75. The van der Waals surface area contributed by atoms with E-state index in [0.717, 1.165) is 30.1 Å². The van der Waals surface area contributed by atoms with Gasteiger partial charge in [-0.05, 0) is 37.0 Å². The summed E-state index contributed by atoms with van der Waals surface area (Å²) in [5.74, 6) is 2.15. The molecule has 1 unspecified atom stereocenters. The van der Waals surface area contributed by atoms with Crippen LogP contribution in [-0.4, -0.2) is 21.6 Å². The van der Waals surface area contributed by atoms with Gasteiger partial charge in [0, 0.05) is 6.54 Å². The Bertz CT molecular complexity index is 594. The lowest BCUT2D eigenvalue weighted by molar-refractivity contribution is 0.527. The third-order valence-corrected chi connectivity index (χ3v) is 5.28. The number of benzene rings is 1. The number of hydrogen-bond donors (Lipinski definition) is 1. The molecule has 1 aromatic carbocycles. The molecule has 0 fully saturated rings. The largest absolute Gasteiger partial charge is 0.327 e. The quantitative estimate of drug-likeness (QED) is 0.513. The van der Waals surface area contributed by atoms with Gasteiger partial charge in [-0.1, -0.05) is 57.6 Å². The van der Waals surface area contributed by atoms with Crippen molar-refractivity contribution in [3.63, 3.8) is 0 Å². The minimum Gasteiger partial charge on any atom is -0.327 e. The van der Waals surface area contributed by atoms with Crippen molar-refractivity contribution in [2.24, 2.45) is 5.73 Å². The highest BCUT2D eigenvalue weighted by molar-refractivity contribution is 7.98.